The molecular weight excluding hydrogens is 248 g/mol. The molecule has 0 saturated carbocycles. The van der Waals surface area contributed by atoms with Gasteiger partial charge in [0.2, 0.25) is 5.91 Å². The molecule has 2 N–H and O–H groups in total. The minimum atomic E-state index is -0.0417. The lowest BCUT2D eigenvalue weighted by Crippen LogP contribution is -2.39. The number of nitrogens with one attached hydrogen (secondary N) is 2. The van der Waals surface area contributed by atoms with Crippen LogP contribution in [0.3, 0.4) is 0 Å². The minimum Gasteiger partial charge on any atom is -0.351 e. The van der Waals surface area contributed by atoms with Crippen LogP contribution in [0, 0.1) is 5.41 Å². The molecule has 110 valence electrons. The summed E-state index contributed by atoms with van der Waals surface area (Å²) in [5.41, 5.74) is 2.71. The number of benzene rings is 1. The summed E-state index contributed by atoms with van der Waals surface area (Å²) in [7, 11) is 0. The van der Waals surface area contributed by atoms with Gasteiger partial charge >= 0.3 is 0 Å². The molecular formula is C17H26N2O. The molecule has 1 aromatic carbocycles. The van der Waals surface area contributed by atoms with Crippen LogP contribution in [0.1, 0.15) is 51.2 Å². The summed E-state index contributed by atoms with van der Waals surface area (Å²) in [6.07, 6.45) is 0.908. The van der Waals surface area contributed by atoms with Crippen molar-refractivity contribution in [2.45, 2.75) is 52.6 Å². The van der Waals surface area contributed by atoms with Gasteiger partial charge < -0.3 is 10.6 Å². The Bertz CT molecular complexity index is 462. The zero-order valence-electron chi connectivity index (χ0n) is 13.0. The molecule has 1 saturated heterocycles. The van der Waals surface area contributed by atoms with E-state index in [4.69, 9.17) is 0 Å². The molecule has 1 amide bonds. The predicted octanol–water partition coefficient (Wildman–Crippen LogP) is 2.81. The van der Waals surface area contributed by atoms with E-state index >= 15 is 0 Å². The van der Waals surface area contributed by atoms with Crippen LogP contribution in [0.5, 0.6) is 0 Å². The summed E-state index contributed by atoms with van der Waals surface area (Å²) in [6.45, 7) is 10.3. The number of rotatable bonds is 4. The summed E-state index contributed by atoms with van der Waals surface area (Å²) in [5.74, 6) is 0.659. The molecule has 1 aliphatic rings. The summed E-state index contributed by atoms with van der Waals surface area (Å²) in [5, 5.41) is 6.32. The number of hydrogen-bond donors (Lipinski definition) is 2. The Labute approximate surface area is 122 Å². The Morgan fingerprint density at radius 3 is 2.50 bits per heavy atom. The smallest absolute Gasteiger partial charge is 0.237 e. The van der Waals surface area contributed by atoms with Crippen LogP contribution < -0.4 is 10.6 Å². The molecule has 1 aromatic rings. The standard InChI is InChI=1S/C17H26N2O/c1-12(2)14-7-5-13(6-8-14)10-18-16(20)15-9-17(3,4)11-19-15/h5-8,12,15,19H,9-11H2,1-4H3,(H,18,20). The lowest BCUT2D eigenvalue weighted by Gasteiger charge is -2.15. The SMILES string of the molecule is CC(C)c1ccc(CNC(=O)C2CC(C)(C)CN2)cc1. The quantitative estimate of drug-likeness (QED) is 0.886. The van der Waals surface area contributed by atoms with Gasteiger partial charge in [-0.15, -0.1) is 0 Å². The molecule has 1 heterocycles. The summed E-state index contributed by atoms with van der Waals surface area (Å²) >= 11 is 0. The molecule has 0 bridgehead atoms. The van der Waals surface area contributed by atoms with Gasteiger partial charge in [0, 0.05) is 13.1 Å². The minimum absolute atomic E-state index is 0.0417. The van der Waals surface area contributed by atoms with E-state index in [0.717, 1.165) is 18.5 Å². The topological polar surface area (TPSA) is 41.1 Å². The van der Waals surface area contributed by atoms with Crippen molar-refractivity contribution in [2.75, 3.05) is 6.54 Å². The zero-order chi connectivity index (χ0) is 14.8. The molecule has 1 unspecified atom stereocenters. The third-order valence-corrected chi connectivity index (χ3v) is 4.01. The third kappa shape index (κ3) is 3.83. The van der Waals surface area contributed by atoms with E-state index < -0.39 is 0 Å². The van der Waals surface area contributed by atoms with Crippen molar-refractivity contribution in [1.29, 1.82) is 0 Å². The van der Waals surface area contributed by atoms with E-state index in [1.165, 1.54) is 5.56 Å². The highest BCUT2D eigenvalue weighted by Crippen LogP contribution is 2.27. The van der Waals surface area contributed by atoms with Gasteiger partial charge in [0.15, 0.2) is 0 Å². The van der Waals surface area contributed by atoms with Crippen molar-refractivity contribution in [2.24, 2.45) is 5.41 Å². The second kappa shape index (κ2) is 5.96. The van der Waals surface area contributed by atoms with E-state index in [1.807, 2.05) is 0 Å². The van der Waals surface area contributed by atoms with Crippen LogP contribution in [0.25, 0.3) is 0 Å². The first kappa shape index (κ1) is 15.0. The fraction of sp³-hybridized carbons (Fsp3) is 0.588. The maximum Gasteiger partial charge on any atom is 0.237 e. The second-order valence-electron chi connectivity index (χ2n) is 6.92. The van der Waals surface area contributed by atoms with Crippen LogP contribution in [-0.4, -0.2) is 18.5 Å². The van der Waals surface area contributed by atoms with Crippen LogP contribution in [0.15, 0.2) is 24.3 Å². The van der Waals surface area contributed by atoms with Gasteiger partial charge in [-0.1, -0.05) is 52.0 Å². The van der Waals surface area contributed by atoms with Crippen LogP contribution >= 0.6 is 0 Å². The molecule has 20 heavy (non-hydrogen) atoms. The fourth-order valence-electron chi connectivity index (χ4n) is 2.61. The highest BCUT2D eigenvalue weighted by atomic mass is 16.2. The van der Waals surface area contributed by atoms with Crippen molar-refractivity contribution in [3.8, 4) is 0 Å². The van der Waals surface area contributed by atoms with Gasteiger partial charge in [-0.2, -0.15) is 0 Å². The molecule has 1 aliphatic heterocycles. The first-order chi connectivity index (χ1) is 9.37. The molecule has 1 atom stereocenters. The third-order valence-electron chi connectivity index (χ3n) is 4.01. The van der Waals surface area contributed by atoms with E-state index in [-0.39, 0.29) is 17.4 Å². The zero-order valence-corrected chi connectivity index (χ0v) is 13.0. The second-order valence-corrected chi connectivity index (χ2v) is 6.92. The Morgan fingerprint density at radius 2 is 2.00 bits per heavy atom. The van der Waals surface area contributed by atoms with E-state index in [0.29, 0.717) is 12.5 Å². The Balaban J connectivity index is 1.84. The predicted molar refractivity (Wildman–Crippen MR) is 82.6 cm³/mol. The Morgan fingerprint density at radius 1 is 1.35 bits per heavy atom. The van der Waals surface area contributed by atoms with Crippen molar-refractivity contribution >= 4 is 5.91 Å². The molecule has 2 rings (SSSR count). The molecule has 3 nitrogen and oxygen atoms in total. The number of amides is 1. The van der Waals surface area contributed by atoms with Crippen molar-refractivity contribution < 1.29 is 4.79 Å². The van der Waals surface area contributed by atoms with Gasteiger partial charge in [0.05, 0.1) is 6.04 Å². The molecule has 0 aliphatic carbocycles. The van der Waals surface area contributed by atoms with E-state index in [1.54, 1.807) is 0 Å². The first-order valence-electron chi connectivity index (χ1n) is 7.47. The van der Waals surface area contributed by atoms with Crippen LogP contribution in [0.2, 0.25) is 0 Å². The lowest BCUT2D eigenvalue weighted by atomic mass is 9.90. The molecule has 0 spiro atoms. The number of hydrogen-bond acceptors (Lipinski definition) is 2. The summed E-state index contributed by atoms with van der Waals surface area (Å²) in [4.78, 5) is 12.1. The maximum atomic E-state index is 12.1. The number of carbonyl (C=O) groups is 1. The van der Waals surface area contributed by atoms with Gasteiger partial charge in [-0.25, -0.2) is 0 Å². The fourth-order valence-corrected chi connectivity index (χ4v) is 2.61. The molecule has 0 aromatic heterocycles. The average molecular weight is 274 g/mol. The van der Waals surface area contributed by atoms with Crippen LogP contribution in [-0.2, 0) is 11.3 Å². The van der Waals surface area contributed by atoms with Crippen LogP contribution in [0.4, 0.5) is 0 Å². The highest BCUT2D eigenvalue weighted by Gasteiger charge is 2.34. The van der Waals surface area contributed by atoms with Gasteiger partial charge in [0.1, 0.15) is 0 Å². The largest absolute Gasteiger partial charge is 0.351 e. The lowest BCUT2D eigenvalue weighted by molar-refractivity contribution is -0.123. The van der Waals surface area contributed by atoms with Gasteiger partial charge in [-0.05, 0) is 28.9 Å². The maximum absolute atomic E-state index is 12.1. The highest BCUT2D eigenvalue weighted by molar-refractivity contribution is 5.82. The monoisotopic (exact) mass is 274 g/mol. The first-order valence-corrected chi connectivity index (χ1v) is 7.47. The van der Waals surface area contributed by atoms with Crippen molar-refractivity contribution in [3.05, 3.63) is 35.4 Å². The van der Waals surface area contributed by atoms with Gasteiger partial charge in [0.25, 0.3) is 0 Å². The average Bonchev–Trinajstić information content (AvgIpc) is 2.77. The Hall–Kier alpha value is -1.35. The molecule has 1 fully saturated rings. The van der Waals surface area contributed by atoms with E-state index in [9.17, 15) is 4.79 Å². The summed E-state index contributed by atoms with van der Waals surface area (Å²) in [6, 6.07) is 8.44. The molecule has 3 heteroatoms. The Kier molecular flexibility index (Phi) is 4.48. The van der Waals surface area contributed by atoms with E-state index in [2.05, 4.69) is 62.6 Å². The normalized spacial score (nSPS) is 21.1. The summed E-state index contributed by atoms with van der Waals surface area (Å²) < 4.78 is 0. The number of carbonyl (C=O) groups excluding carboxylic acids is 1. The van der Waals surface area contributed by atoms with Crippen molar-refractivity contribution in [3.63, 3.8) is 0 Å². The van der Waals surface area contributed by atoms with Gasteiger partial charge in [-0.3, -0.25) is 4.79 Å². The van der Waals surface area contributed by atoms with Crippen molar-refractivity contribution in [1.82, 2.24) is 10.6 Å². The molecule has 0 radical (unpaired) electrons.